The van der Waals surface area contributed by atoms with Crippen LogP contribution < -0.4 is 28.7 Å². The van der Waals surface area contributed by atoms with Crippen LogP contribution in [0.1, 0.15) is 49.2 Å². The number of fused-ring (bicyclic) bond motifs is 2. The summed E-state index contributed by atoms with van der Waals surface area (Å²) in [4.78, 5) is 28.0. The van der Waals surface area contributed by atoms with Crippen LogP contribution in [0, 0.1) is 5.41 Å². The number of benzene rings is 4. The fraction of sp³-hybridized carbons (Fsp3) is 0.417. The molecular formula is C48H55N9O7. The number of aliphatic imine (C=N–C) groups is 1. The van der Waals surface area contributed by atoms with E-state index in [-0.39, 0.29) is 5.84 Å². The molecule has 6 aromatic rings. The monoisotopic (exact) mass is 869 g/mol. The molecule has 0 saturated carbocycles. The molecule has 0 aliphatic carbocycles. The Kier molecular flexibility index (Phi) is 10.9. The number of methoxy groups -OCH3 is 3. The van der Waals surface area contributed by atoms with E-state index in [0.717, 1.165) is 33.4 Å². The molecule has 4 aromatic carbocycles. The number of piperidine rings is 1. The van der Waals surface area contributed by atoms with Crippen molar-refractivity contribution in [3.8, 4) is 23.0 Å². The van der Waals surface area contributed by atoms with Crippen molar-refractivity contribution >= 4 is 45.1 Å². The van der Waals surface area contributed by atoms with Crippen molar-refractivity contribution in [2.75, 3.05) is 77.6 Å². The molecule has 2 aromatic heterocycles. The maximum atomic E-state index is 12.4. The van der Waals surface area contributed by atoms with Crippen LogP contribution >= 0.6 is 0 Å². The second kappa shape index (κ2) is 16.7. The summed E-state index contributed by atoms with van der Waals surface area (Å²) in [6.45, 7) is 3.37. The van der Waals surface area contributed by atoms with Gasteiger partial charge in [0.2, 0.25) is 0 Å². The SMILES string of the molecule is CN=C1C(c2nc3ccccc3[nH]2)C(O)C2(CCOCC2)N1c1cc(OC)cc(OCCN2CCC3(CC2)C(O)C(c2nc4ccccc4[nH]2)C(=N)N3c2cc(OC)cc(OC)c2)c1. The summed E-state index contributed by atoms with van der Waals surface area (Å²) in [6.07, 6.45) is 0.646. The number of likely N-dealkylation sites (tertiary alicyclic amines) is 1. The third-order valence-electron chi connectivity index (χ3n) is 14.0. The number of hydrogen-bond donors (Lipinski definition) is 5. The van der Waals surface area contributed by atoms with Crippen LogP contribution in [0.25, 0.3) is 22.1 Å². The molecule has 334 valence electrons. The predicted octanol–water partition coefficient (Wildman–Crippen LogP) is 5.86. The van der Waals surface area contributed by atoms with Gasteiger partial charge in [-0.05, 0) is 49.9 Å². The summed E-state index contributed by atoms with van der Waals surface area (Å²) < 4.78 is 29.6. The number of aliphatic hydroxyl groups is 2. The van der Waals surface area contributed by atoms with E-state index < -0.39 is 35.1 Å². The molecule has 4 aliphatic rings. The van der Waals surface area contributed by atoms with Gasteiger partial charge in [0.1, 0.15) is 64.8 Å². The quantitative estimate of drug-likeness (QED) is 0.104. The fourth-order valence-corrected chi connectivity index (χ4v) is 10.8. The fourth-order valence-electron chi connectivity index (χ4n) is 10.8. The molecule has 4 atom stereocenters. The first-order valence-electron chi connectivity index (χ1n) is 22.0. The van der Waals surface area contributed by atoms with Crippen molar-refractivity contribution < 1.29 is 33.9 Å². The van der Waals surface area contributed by atoms with Gasteiger partial charge in [0.15, 0.2) is 0 Å². The zero-order valence-corrected chi connectivity index (χ0v) is 36.6. The van der Waals surface area contributed by atoms with Crippen molar-refractivity contribution in [2.45, 2.75) is 60.8 Å². The number of imidazole rings is 2. The Balaban J connectivity index is 0.891. The second-order valence-corrected chi connectivity index (χ2v) is 17.2. The Labute approximate surface area is 371 Å². The van der Waals surface area contributed by atoms with E-state index in [0.29, 0.717) is 106 Å². The largest absolute Gasteiger partial charge is 0.497 e. The molecule has 2 spiro atoms. The Morgan fingerprint density at radius 1 is 0.703 bits per heavy atom. The Morgan fingerprint density at radius 3 is 1.77 bits per heavy atom. The average molecular weight is 870 g/mol. The third-order valence-corrected chi connectivity index (χ3v) is 14.0. The van der Waals surface area contributed by atoms with Gasteiger partial charge in [-0.1, -0.05) is 24.3 Å². The van der Waals surface area contributed by atoms with Gasteiger partial charge in [0, 0.05) is 76.3 Å². The van der Waals surface area contributed by atoms with Gasteiger partial charge in [0.25, 0.3) is 0 Å². The topological polar surface area (TPSA) is 190 Å². The maximum absolute atomic E-state index is 12.4. The smallest absolute Gasteiger partial charge is 0.125 e. The molecule has 4 unspecified atom stereocenters. The molecule has 0 radical (unpaired) electrons. The number of para-hydroxylation sites is 4. The minimum atomic E-state index is -0.919. The molecule has 16 heteroatoms. The Bertz CT molecular complexity index is 2610. The van der Waals surface area contributed by atoms with E-state index in [2.05, 4.69) is 19.8 Å². The first kappa shape index (κ1) is 41.8. The lowest BCUT2D eigenvalue weighted by atomic mass is 9.79. The van der Waals surface area contributed by atoms with E-state index in [1.54, 1.807) is 28.4 Å². The van der Waals surface area contributed by atoms with Crippen LogP contribution in [0.4, 0.5) is 11.4 Å². The van der Waals surface area contributed by atoms with Gasteiger partial charge in [-0.3, -0.25) is 15.3 Å². The van der Waals surface area contributed by atoms with Gasteiger partial charge in [-0.25, -0.2) is 9.97 Å². The van der Waals surface area contributed by atoms with Gasteiger partial charge >= 0.3 is 0 Å². The standard InChI is InChI=1S/C48H55N9O7/c1-50-46-40(45-53-37-11-7-8-12-38(37)54-45)42(59)48(15-20-63-21-16-48)57(46)30-25-33(62-4)28-34(26-30)64-22-19-55-17-13-47(14-18-55)41(58)39(44-51-35-9-5-6-10-36(35)52-44)43(49)56(47)29-23-31(60-2)27-32(24-29)61-3/h5-12,23-28,39-42,49,58-59H,13-22H2,1-4H3,(H,51,52)(H,53,54). The summed E-state index contributed by atoms with van der Waals surface area (Å²) in [5.41, 5.74) is 3.42. The predicted molar refractivity (Wildman–Crippen MR) is 245 cm³/mol. The van der Waals surface area contributed by atoms with Gasteiger partial charge in [0.05, 0.1) is 78.1 Å². The van der Waals surface area contributed by atoms with Crippen LogP contribution in [-0.4, -0.2) is 138 Å². The normalized spacial score (nSPS) is 23.8. The van der Waals surface area contributed by atoms with Crippen LogP contribution in [0.15, 0.2) is 89.9 Å². The number of rotatable bonds is 11. The number of anilines is 2. The van der Waals surface area contributed by atoms with E-state index in [9.17, 15) is 15.6 Å². The summed E-state index contributed by atoms with van der Waals surface area (Å²) in [7, 11) is 6.63. The van der Waals surface area contributed by atoms with Crippen molar-refractivity contribution in [1.29, 1.82) is 5.41 Å². The molecule has 64 heavy (non-hydrogen) atoms. The van der Waals surface area contributed by atoms with Crippen LogP contribution in [0.5, 0.6) is 23.0 Å². The zero-order chi connectivity index (χ0) is 44.2. The van der Waals surface area contributed by atoms with Crippen molar-refractivity contribution in [1.82, 2.24) is 24.8 Å². The van der Waals surface area contributed by atoms with Gasteiger partial charge < -0.3 is 53.7 Å². The molecule has 0 bridgehead atoms. The van der Waals surface area contributed by atoms with Gasteiger partial charge in [-0.15, -0.1) is 0 Å². The average Bonchev–Trinajstić information content (AvgIpc) is 4.06. The third kappa shape index (κ3) is 6.90. The van der Waals surface area contributed by atoms with E-state index in [1.807, 2.05) is 89.8 Å². The summed E-state index contributed by atoms with van der Waals surface area (Å²) in [5, 5.41) is 34.4. The highest BCUT2D eigenvalue weighted by molar-refractivity contribution is 6.07. The molecule has 4 fully saturated rings. The highest BCUT2D eigenvalue weighted by Crippen LogP contribution is 2.51. The molecule has 4 aliphatic heterocycles. The molecule has 16 nitrogen and oxygen atoms in total. The summed E-state index contributed by atoms with van der Waals surface area (Å²) in [5.74, 6) is 3.50. The number of aromatic amines is 2. The molecule has 5 N–H and O–H groups in total. The van der Waals surface area contributed by atoms with E-state index in [1.165, 1.54) is 0 Å². The van der Waals surface area contributed by atoms with Crippen LogP contribution in [0.2, 0.25) is 0 Å². The number of aliphatic hydroxyl groups excluding tert-OH is 2. The highest BCUT2D eigenvalue weighted by atomic mass is 16.5. The molecule has 4 saturated heterocycles. The number of ether oxygens (including phenoxy) is 5. The number of H-pyrrole nitrogens is 2. The van der Waals surface area contributed by atoms with Crippen molar-refractivity contribution in [3.63, 3.8) is 0 Å². The minimum absolute atomic E-state index is 0.265. The Morgan fingerprint density at radius 2 is 1.20 bits per heavy atom. The molecular weight excluding hydrogens is 815 g/mol. The lowest BCUT2D eigenvalue weighted by molar-refractivity contribution is -0.00191. The highest BCUT2D eigenvalue weighted by Gasteiger charge is 2.60. The first-order valence-corrected chi connectivity index (χ1v) is 22.0. The van der Waals surface area contributed by atoms with Crippen LogP contribution in [-0.2, 0) is 4.74 Å². The number of hydrogen-bond acceptors (Lipinski definition) is 12. The molecule has 0 amide bonds. The zero-order valence-electron chi connectivity index (χ0n) is 36.6. The first-order chi connectivity index (χ1) is 31.2. The van der Waals surface area contributed by atoms with Crippen molar-refractivity contribution in [2.24, 2.45) is 4.99 Å². The lowest BCUT2D eigenvalue weighted by Gasteiger charge is -2.47. The Hall–Kier alpha value is -6.20. The second-order valence-electron chi connectivity index (χ2n) is 17.2. The number of nitrogens with one attached hydrogen (secondary N) is 3. The molecule has 10 rings (SSSR count). The lowest BCUT2D eigenvalue weighted by Crippen LogP contribution is -2.58. The van der Waals surface area contributed by atoms with E-state index >= 15 is 0 Å². The van der Waals surface area contributed by atoms with Gasteiger partial charge in [-0.2, -0.15) is 0 Å². The van der Waals surface area contributed by atoms with E-state index in [4.69, 9.17) is 38.6 Å². The number of nitrogens with zero attached hydrogens (tertiary/aromatic N) is 6. The summed E-state index contributed by atoms with van der Waals surface area (Å²) >= 11 is 0. The summed E-state index contributed by atoms with van der Waals surface area (Å²) in [6, 6.07) is 27.1. The maximum Gasteiger partial charge on any atom is 0.125 e. The minimum Gasteiger partial charge on any atom is -0.497 e. The van der Waals surface area contributed by atoms with Crippen molar-refractivity contribution in [3.05, 3.63) is 96.6 Å². The van der Waals surface area contributed by atoms with Crippen LogP contribution in [0.3, 0.4) is 0 Å². The number of amidine groups is 2. The molecule has 6 heterocycles. The number of aromatic nitrogens is 4.